The number of pyridine rings is 1. The van der Waals surface area contributed by atoms with Crippen LogP contribution in [0.3, 0.4) is 0 Å². The summed E-state index contributed by atoms with van der Waals surface area (Å²) in [5, 5.41) is 6.70. The number of nitrogens with one attached hydrogen (secondary N) is 2. The maximum Gasteiger partial charge on any atom is 0.191 e. The number of hydrogen-bond donors (Lipinski definition) is 2. The van der Waals surface area contributed by atoms with Gasteiger partial charge in [-0.1, -0.05) is 0 Å². The van der Waals surface area contributed by atoms with Gasteiger partial charge in [-0.15, -0.1) is 24.0 Å². The topological polar surface area (TPSA) is 52.6 Å². The van der Waals surface area contributed by atoms with E-state index in [1.54, 1.807) is 12.3 Å². The molecular weight excluding hydrogens is 420 g/mol. The lowest BCUT2D eigenvalue weighted by atomic mass is 10.0. The lowest BCUT2D eigenvalue weighted by Gasteiger charge is -2.35. The predicted octanol–water partition coefficient (Wildman–Crippen LogP) is 2.77. The molecule has 1 aliphatic heterocycles. The maximum absolute atomic E-state index is 13.6. The third-order valence-electron chi connectivity index (χ3n) is 4.17. The van der Waals surface area contributed by atoms with E-state index in [9.17, 15) is 4.39 Å². The maximum atomic E-state index is 13.6. The van der Waals surface area contributed by atoms with Crippen molar-refractivity contribution in [2.45, 2.75) is 52.2 Å². The number of guanidine groups is 1. The molecule has 24 heavy (non-hydrogen) atoms. The molecular formula is C17H29FIN5. The van der Waals surface area contributed by atoms with Gasteiger partial charge in [0, 0.05) is 37.9 Å². The van der Waals surface area contributed by atoms with E-state index < -0.39 is 0 Å². The van der Waals surface area contributed by atoms with E-state index in [0.29, 0.717) is 17.8 Å². The van der Waals surface area contributed by atoms with Crippen LogP contribution >= 0.6 is 24.0 Å². The van der Waals surface area contributed by atoms with Gasteiger partial charge in [-0.25, -0.2) is 9.38 Å². The zero-order valence-corrected chi connectivity index (χ0v) is 17.1. The van der Waals surface area contributed by atoms with Crippen molar-refractivity contribution in [1.82, 2.24) is 20.5 Å². The van der Waals surface area contributed by atoms with Crippen LogP contribution < -0.4 is 10.6 Å². The van der Waals surface area contributed by atoms with Crippen LogP contribution in [0.25, 0.3) is 0 Å². The van der Waals surface area contributed by atoms with Crippen molar-refractivity contribution in [2.75, 3.05) is 19.6 Å². The highest BCUT2D eigenvalue weighted by atomic mass is 127. The quantitative estimate of drug-likeness (QED) is 0.413. The highest BCUT2D eigenvalue weighted by molar-refractivity contribution is 14.0. The first-order valence-electron chi connectivity index (χ1n) is 8.48. The third-order valence-corrected chi connectivity index (χ3v) is 4.17. The van der Waals surface area contributed by atoms with E-state index in [1.807, 2.05) is 6.92 Å². The molecule has 2 N–H and O–H groups in total. The summed E-state index contributed by atoms with van der Waals surface area (Å²) in [6, 6.07) is 4.02. The number of piperidine rings is 1. The Morgan fingerprint density at radius 3 is 2.71 bits per heavy atom. The summed E-state index contributed by atoms with van der Waals surface area (Å²) in [6.07, 6.45) is 3.79. The number of aliphatic imine (C=N–C) groups is 1. The molecule has 0 amide bonds. The molecule has 1 saturated heterocycles. The number of likely N-dealkylation sites (tertiary alicyclic amines) is 1. The van der Waals surface area contributed by atoms with Gasteiger partial charge < -0.3 is 15.5 Å². The number of hydrogen-bond acceptors (Lipinski definition) is 3. The van der Waals surface area contributed by atoms with Crippen molar-refractivity contribution in [2.24, 2.45) is 4.99 Å². The molecule has 136 valence electrons. The van der Waals surface area contributed by atoms with Crippen LogP contribution in [0.1, 0.15) is 39.3 Å². The number of nitrogens with zero attached hydrogens (tertiary/aromatic N) is 3. The Labute approximate surface area is 161 Å². The minimum atomic E-state index is -0.308. The molecule has 0 aliphatic carbocycles. The molecule has 2 heterocycles. The van der Waals surface area contributed by atoms with Gasteiger partial charge in [0.25, 0.3) is 0 Å². The summed E-state index contributed by atoms with van der Waals surface area (Å²) in [5.41, 5.74) is 0.374. The monoisotopic (exact) mass is 449 g/mol. The second-order valence-corrected chi connectivity index (χ2v) is 6.18. The van der Waals surface area contributed by atoms with Crippen LogP contribution in [-0.2, 0) is 6.54 Å². The van der Waals surface area contributed by atoms with E-state index in [4.69, 9.17) is 0 Å². The van der Waals surface area contributed by atoms with E-state index in [0.717, 1.165) is 38.4 Å². The lowest BCUT2D eigenvalue weighted by molar-refractivity contribution is 0.167. The fourth-order valence-corrected chi connectivity index (χ4v) is 2.76. The van der Waals surface area contributed by atoms with E-state index in [1.165, 1.54) is 6.07 Å². The second-order valence-electron chi connectivity index (χ2n) is 6.18. The first-order valence-corrected chi connectivity index (χ1v) is 8.48. The highest BCUT2D eigenvalue weighted by Crippen LogP contribution is 2.13. The first kappa shape index (κ1) is 21.1. The molecule has 0 atom stereocenters. The Morgan fingerprint density at radius 2 is 2.12 bits per heavy atom. The first-order chi connectivity index (χ1) is 11.1. The molecule has 0 aromatic carbocycles. The van der Waals surface area contributed by atoms with Crippen molar-refractivity contribution in [3.05, 3.63) is 29.8 Å². The number of aromatic nitrogens is 1. The Morgan fingerprint density at radius 1 is 1.42 bits per heavy atom. The molecule has 7 heteroatoms. The Hall–Kier alpha value is -0.960. The summed E-state index contributed by atoms with van der Waals surface area (Å²) >= 11 is 0. The van der Waals surface area contributed by atoms with Crippen LogP contribution in [0.2, 0.25) is 0 Å². The Bertz CT molecular complexity index is 515. The minimum absolute atomic E-state index is 0. The van der Waals surface area contributed by atoms with Gasteiger partial charge in [-0.05, 0) is 45.7 Å². The molecule has 1 fully saturated rings. The molecule has 0 spiro atoms. The largest absolute Gasteiger partial charge is 0.357 e. The predicted molar refractivity (Wildman–Crippen MR) is 107 cm³/mol. The molecule has 2 rings (SSSR count). The van der Waals surface area contributed by atoms with Crippen molar-refractivity contribution in [1.29, 1.82) is 0 Å². The molecule has 0 bridgehead atoms. The average molecular weight is 449 g/mol. The van der Waals surface area contributed by atoms with E-state index >= 15 is 0 Å². The molecule has 1 aromatic rings. The van der Waals surface area contributed by atoms with Crippen LogP contribution in [0, 0.1) is 5.82 Å². The van der Waals surface area contributed by atoms with E-state index in [2.05, 4.69) is 39.4 Å². The summed E-state index contributed by atoms with van der Waals surface area (Å²) in [5.74, 6) is 0.429. The highest BCUT2D eigenvalue weighted by Gasteiger charge is 2.21. The molecule has 1 aliphatic rings. The van der Waals surface area contributed by atoms with Gasteiger partial charge >= 0.3 is 0 Å². The van der Waals surface area contributed by atoms with E-state index in [-0.39, 0.29) is 36.3 Å². The van der Waals surface area contributed by atoms with Crippen LogP contribution in [0.5, 0.6) is 0 Å². The zero-order chi connectivity index (χ0) is 16.7. The smallest absolute Gasteiger partial charge is 0.191 e. The van der Waals surface area contributed by atoms with Crippen LogP contribution in [-0.4, -0.2) is 47.6 Å². The van der Waals surface area contributed by atoms with Gasteiger partial charge in [-0.3, -0.25) is 4.98 Å². The number of rotatable bonds is 5. The Balaban J connectivity index is 0.00000288. The summed E-state index contributed by atoms with van der Waals surface area (Å²) < 4.78 is 13.6. The van der Waals surface area contributed by atoms with Crippen molar-refractivity contribution in [3.63, 3.8) is 0 Å². The van der Waals surface area contributed by atoms with Crippen LogP contribution in [0.15, 0.2) is 23.3 Å². The molecule has 0 saturated carbocycles. The number of halogens is 2. The molecule has 0 radical (unpaired) electrons. The summed E-state index contributed by atoms with van der Waals surface area (Å²) in [7, 11) is 0. The second kappa shape index (κ2) is 10.8. The van der Waals surface area contributed by atoms with Gasteiger partial charge in [0.2, 0.25) is 0 Å². The molecule has 0 unspecified atom stereocenters. The fraction of sp³-hybridized carbons (Fsp3) is 0.647. The third kappa shape index (κ3) is 6.51. The average Bonchev–Trinajstić information content (AvgIpc) is 2.54. The molecule has 1 aromatic heterocycles. The van der Waals surface area contributed by atoms with Crippen LogP contribution in [0.4, 0.5) is 4.39 Å². The van der Waals surface area contributed by atoms with Gasteiger partial charge in [-0.2, -0.15) is 0 Å². The summed E-state index contributed by atoms with van der Waals surface area (Å²) in [4.78, 5) is 11.0. The summed E-state index contributed by atoms with van der Waals surface area (Å²) in [6.45, 7) is 9.72. The van der Waals surface area contributed by atoms with Crippen molar-refractivity contribution >= 4 is 29.9 Å². The lowest BCUT2D eigenvalue weighted by Crippen LogP contribution is -2.49. The zero-order valence-electron chi connectivity index (χ0n) is 14.8. The minimum Gasteiger partial charge on any atom is -0.357 e. The van der Waals surface area contributed by atoms with Gasteiger partial charge in [0.05, 0.1) is 12.2 Å². The van der Waals surface area contributed by atoms with Crippen molar-refractivity contribution < 1.29 is 4.39 Å². The fourth-order valence-electron chi connectivity index (χ4n) is 2.76. The SMILES string of the molecule is CCNC(=NCc1ncccc1F)NC1CCN(C(C)C)CC1.I. The standard InChI is InChI=1S/C17H28FN5.HI/c1-4-19-17(21-12-16-15(18)6-5-9-20-16)22-14-7-10-23(11-8-14)13(2)3;/h5-6,9,13-14H,4,7-8,10-12H2,1-3H3,(H2,19,21,22);1H. The Kier molecular flexibility index (Phi) is 9.50. The normalized spacial score (nSPS) is 16.8. The van der Waals surface area contributed by atoms with Gasteiger partial charge in [0.15, 0.2) is 5.96 Å². The van der Waals surface area contributed by atoms with Gasteiger partial charge in [0.1, 0.15) is 5.82 Å². The molecule has 5 nitrogen and oxygen atoms in total. The van der Waals surface area contributed by atoms with Crippen molar-refractivity contribution in [3.8, 4) is 0 Å².